The second-order valence-electron chi connectivity index (χ2n) is 4.42. The molecule has 22 heavy (non-hydrogen) atoms. The Hall–Kier alpha value is -1.25. The molecular weight excluding hydrogens is 362 g/mol. The number of halogens is 4. The molecule has 0 aliphatic heterocycles. The van der Waals surface area contributed by atoms with E-state index in [-0.39, 0.29) is 5.78 Å². The summed E-state index contributed by atoms with van der Waals surface area (Å²) in [5.41, 5.74) is 1.59. The van der Waals surface area contributed by atoms with Gasteiger partial charge in [0.05, 0.1) is 20.1 Å². The SMILES string of the molecule is O=C(/C=C\c1ccc(Cl)c(Cl)c1)/C=C\c1ccc(Cl)c(Cl)c1. The number of ketones is 1. The monoisotopic (exact) mass is 370 g/mol. The first-order chi connectivity index (χ1) is 10.5. The molecule has 5 heteroatoms. The van der Waals surface area contributed by atoms with Crippen molar-refractivity contribution in [2.75, 3.05) is 0 Å². The van der Waals surface area contributed by atoms with Crippen LogP contribution in [0.15, 0.2) is 48.6 Å². The molecule has 0 radical (unpaired) electrons. The number of carbonyl (C=O) groups is 1. The zero-order chi connectivity index (χ0) is 16.1. The fourth-order valence-electron chi connectivity index (χ4n) is 1.64. The van der Waals surface area contributed by atoms with Gasteiger partial charge in [0, 0.05) is 0 Å². The van der Waals surface area contributed by atoms with Crippen molar-refractivity contribution in [1.82, 2.24) is 0 Å². The maximum atomic E-state index is 11.8. The number of hydrogen-bond acceptors (Lipinski definition) is 1. The van der Waals surface area contributed by atoms with E-state index >= 15 is 0 Å². The Bertz CT molecular complexity index is 700. The molecule has 2 aromatic carbocycles. The highest BCUT2D eigenvalue weighted by Crippen LogP contribution is 2.24. The van der Waals surface area contributed by atoms with Crippen LogP contribution in [0.25, 0.3) is 12.2 Å². The second kappa shape index (κ2) is 7.85. The van der Waals surface area contributed by atoms with E-state index < -0.39 is 0 Å². The summed E-state index contributed by atoms with van der Waals surface area (Å²) < 4.78 is 0. The largest absolute Gasteiger partial charge is 0.290 e. The molecule has 0 aliphatic rings. The van der Waals surface area contributed by atoms with Crippen molar-refractivity contribution in [3.8, 4) is 0 Å². The van der Waals surface area contributed by atoms with Gasteiger partial charge in [-0.05, 0) is 47.5 Å². The van der Waals surface area contributed by atoms with E-state index in [1.54, 1.807) is 48.6 Å². The summed E-state index contributed by atoms with van der Waals surface area (Å²) in [6.07, 6.45) is 6.24. The van der Waals surface area contributed by atoms with E-state index in [4.69, 9.17) is 46.4 Å². The van der Waals surface area contributed by atoms with Gasteiger partial charge in [0.25, 0.3) is 0 Å². The summed E-state index contributed by atoms with van der Waals surface area (Å²) >= 11 is 23.5. The van der Waals surface area contributed by atoms with Crippen LogP contribution in [0.5, 0.6) is 0 Å². The second-order valence-corrected chi connectivity index (χ2v) is 6.04. The predicted molar refractivity (Wildman–Crippen MR) is 96.0 cm³/mol. The number of rotatable bonds is 4. The van der Waals surface area contributed by atoms with E-state index in [9.17, 15) is 4.79 Å². The molecule has 112 valence electrons. The summed E-state index contributed by atoms with van der Waals surface area (Å²) in [6.45, 7) is 0. The highest BCUT2D eigenvalue weighted by molar-refractivity contribution is 6.42. The van der Waals surface area contributed by atoms with Crippen LogP contribution in [0.4, 0.5) is 0 Å². The number of carbonyl (C=O) groups excluding carboxylic acids is 1. The number of allylic oxidation sites excluding steroid dienone is 2. The van der Waals surface area contributed by atoms with Crippen LogP contribution in [0.2, 0.25) is 20.1 Å². The Balaban J connectivity index is 2.05. The molecule has 0 amide bonds. The Morgan fingerprint density at radius 3 is 1.45 bits per heavy atom. The third kappa shape index (κ3) is 4.89. The highest BCUT2D eigenvalue weighted by Gasteiger charge is 1.99. The molecule has 2 aromatic rings. The van der Waals surface area contributed by atoms with Crippen LogP contribution in [0.3, 0.4) is 0 Å². The van der Waals surface area contributed by atoms with Crippen LogP contribution in [0.1, 0.15) is 11.1 Å². The molecule has 0 aromatic heterocycles. The third-order valence-corrected chi connectivity index (χ3v) is 4.25. The van der Waals surface area contributed by atoms with Gasteiger partial charge in [-0.15, -0.1) is 0 Å². The van der Waals surface area contributed by atoms with Gasteiger partial charge in [0.2, 0.25) is 0 Å². The van der Waals surface area contributed by atoms with Gasteiger partial charge < -0.3 is 0 Å². The van der Waals surface area contributed by atoms with Crippen LogP contribution in [-0.2, 0) is 4.79 Å². The molecule has 0 fully saturated rings. The molecule has 0 saturated heterocycles. The van der Waals surface area contributed by atoms with Gasteiger partial charge in [-0.1, -0.05) is 70.7 Å². The maximum Gasteiger partial charge on any atom is 0.178 e. The normalized spacial score (nSPS) is 11.5. The summed E-state index contributed by atoms with van der Waals surface area (Å²) in [4.78, 5) is 11.8. The van der Waals surface area contributed by atoms with Crippen LogP contribution in [-0.4, -0.2) is 5.78 Å². The van der Waals surface area contributed by atoms with E-state index in [2.05, 4.69) is 0 Å². The van der Waals surface area contributed by atoms with Crippen molar-refractivity contribution in [2.24, 2.45) is 0 Å². The van der Waals surface area contributed by atoms with Gasteiger partial charge in [0.15, 0.2) is 5.78 Å². The van der Waals surface area contributed by atoms with Gasteiger partial charge in [-0.3, -0.25) is 4.79 Å². The minimum absolute atomic E-state index is 0.155. The lowest BCUT2D eigenvalue weighted by molar-refractivity contribution is -0.110. The summed E-state index contributed by atoms with van der Waals surface area (Å²) in [7, 11) is 0. The minimum Gasteiger partial charge on any atom is -0.290 e. The van der Waals surface area contributed by atoms with Gasteiger partial charge in [-0.25, -0.2) is 0 Å². The number of benzene rings is 2. The van der Waals surface area contributed by atoms with Crippen molar-refractivity contribution >= 4 is 64.3 Å². The molecule has 0 spiro atoms. The Morgan fingerprint density at radius 1 is 0.682 bits per heavy atom. The predicted octanol–water partition coefficient (Wildman–Crippen LogP) is 6.60. The van der Waals surface area contributed by atoms with Crippen LogP contribution >= 0.6 is 46.4 Å². The van der Waals surface area contributed by atoms with Crippen molar-refractivity contribution in [1.29, 1.82) is 0 Å². The molecule has 0 aliphatic carbocycles. The lowest BCUT2D eigenvalue weighted by atomic mass is 10.1. The smallest absolute Gasteiger partial charge is 0.178 e. The van der Waals surface area contributed by atoms with Crippen molar-refractivity contribution in [3.05, 3.63) is 79.8 Å². The molecule has 2 rings (SSSR count). The van der Waals surface area contributed by atoms with Crippen molar-refractivity contribution < 1.29 is 4.79 Å². The third-order valence-electron chi connectivity index (χ3n) is 2.77. The Kier molecular flexibility index (Phi) is 6.10. The van der Waals surface area contributed by atoms with E-state index in [1.165, 1.54) is 12.2 Å². The average Bonchev–Trinajstić information content (AvgIpc) is 2.49. The van der Waals surface area contributed by atoms with E-state index in [0.29, 0.717) is 20.1 Å². The highest BCUT2D eigenvalue weighted by atomic mass is 35.5. The van der Waals surface area contributed by atoms with Crippen molar-refractivity contribution in [3.63, 3.8) is 0 Å². The zero-order valence-corrected chi connectivity index (χ0v) is 14.2. The Morgan fingerprint density at radius 2 is 1.09 bits per heavy atom. The van der Waals surface area contributed by atoms with Gasteiger partial charge in [-0.2, -0.15) is 0 Å². The molecule has 1 nitrogen and oxygen atoms in total. The van der Waals surface area contributed by atoms with Crippen molar-refractivity contribution in [2.45, 2.75) is 0 Å². The first-order valence-corrected chi connectivity index (χ1v) is 7.77. The summed E-state index contributed by atoms with van der Waals surface area (Å²) in [5.74, 6) is -0.155. The maximum absolute atomic E-state index is 11.8. The van der Waals surface area contributed by atoms with Crippen LogP contribution in [0, 0.1) is 0 Å². The standard InChI is InChI=1S/C17H10Cl4O/c18-14-7-3-11(9-16(14)20)1-5-13(22)6-2-12-4-8-15(19)17(21)10-12/h1-10H/b5-1-,6-2-. The Labute approximate surface area is 148 Å². The fourth-order valence-corrected chi connectivity index (χ4v) is 2.26. The van der Waals surface area contributed by atoms with Gasteiger partial charge >= 0.3 is 0 Å². The van der Waals surface area contributed by atoms with E-state index in [1.807, 2.05) is 0 Å². The molecule has 0 saturated carbocycles. The zero-order valence-electron chi connectivity index (χ0n) is 11.2. The first kappa shape index (κ1) is 17.1. The quantitative estimate of drug-likeness (QED) is 0.553. The summed E-state index contributed by atoms with van der Waals surface area (Å²) in [5, 5.41) is 1.85. The minimum atomic E-state index is -0.155. The fraction of sp³-hybridized carbons (Fsp3) is 0. The molecular formula is C17H10Cl4O. The lowest BCUT2D eigenvalue weighted by Crippen LogP contribution is -1.85. The first-order valence-electron chi connectivity index (χ1n) is 6.26. The van der Waals surface area contributed by atoms with E-state index in [0.717, 1.165) is 11.1 Å². The molecule has 0 atom stereocenters. The summed E-state index contributed by atoms with van der Waals surface area (Å²) in [6, 6.07) is 10.3. The number of hydrogen-bond donors (Lipinski definition) is 0. The molecule has 0 bridgehead atoms. The van der Waals surface area contributed by atoms with Gasteiger partial charge in [0.1, 0.15) is 0 Å². The molecule has 0 heterocycles. The average molecular weight is 372 g/mol. The molecule has 0 N–H and O–H groups in total. The molecule has 0 unspecified atom stereocenters. The topological polar surface area (TPSA) is 17.1 Å². The lowest BCUT2D eigenvalue weighted by Gasteiger charge is -1.97. The van der Waals surface area contributed by atoms with Crippen LogP contribution < -0.4 is 0 Å².